The Hall–Kier alpha value is -1.37. The minimum atomic E-state index is -3.93. The van der Waals surface area contributed by atoms with E-state index >= 15 is 0 Å². The number of rotatable bonds is 4. The molecule has 0 bridgehead atoms. The maximum absolute atomic E-state index is 13.5. The Morgan fingerprint density at radius 2 is 2.11 bits per heavy atom. The lowest BCUT2D eigenvalue weighted by atomic mass is 10.3. The zero-order chi connectivity index (χ0) is 13.2. The summed E-state index contributed by atoms with van der Waals surface area (Å²) in [6.45, 7) is -0.0442. The van der Waals surface area contributed by atoms with Gasteiger partial charge < -0.3 is 4.42 Å². The van der Waals surface area contributed by atoms with E-state index < -0.39 is 20.7 Å². The van der Waals surface area contributed by atoms with Crippen molar-refractivity contribution in [1.82, 2.24) is 4.72 Å². The second kappa shape index (κ2) is 5.09. The fourth-order valence-corrected chi connectivity index (χ4v) is 2.56. The quantitative estimate of drug-likeness (QED) is 0.941. The number of hydrogen-bond acceptors (Lipinski definition) is 3. The van der Waals surface area contributed by atoms with Crippen molar-refractivity contribution in [3.63, 3.8) is 0 Å². The number of hydrogen-bond donors (Lipinski definition) is 1. The van der Waals surface area contributed by atoms with E-state index in [0.717, 1.165) is 12.1 Å². The van der Waals surface area contributed by atoms with Crippen LogP contribution >= 0.6 is 11.6 Å². The summed E-state index contributed by atoms with van der Waals surface area (Å²) in [5, 5.41) is 0.137. The number of benzene rings is 1. The van der Waals surface area contributed by atoms with E-state index in [4.69, 9.17) is 16.0 Å². The van der Waals surface area contributed by atoms with Gasteiger partial charge in [0.05, 0.1) is 12.8 Å². The van der Waals surface area contributed by atoms with E-state index in [1.807, 2.05) is 0 Å². The van der Waals surface area contributed by atoms with E-state index in [9.17, 15) is 12.8 Å². The first-order chi connectivity index (χ1) is 8.49. The molecule has 4 nitrogen and oxygen atoms in total. The number of nitrogens with one attached hydrogen (secondary N) is 1. The average molecular weight is 290 g/mol. The normalized spacial score (nSPS) is 11.7. The molecule has 0 fully saturated rings. The second-order valence-corrected chi connectivity index (χ2v) is 5.65. The number of sulfonamides is 1. The van der Waals surface area contributed by atoms with E-state index in [1.54, 1.807) is 12.1 Å². The fraction of sp³-hybridized carbons (Fsp3) is 0.0909. The zero-order valence-electron chi connectivity index (χ0n) is 9.06. The van der Waals surface area contributed by atoms with Crippen molar-refractivity contribution < 1.29 is 17.2 Å². The molecule has 0 aliphatic carbocycles. The van der Waals surface area contributed by atoms with Crippen LogP contribution in [-0.2, 0) is 16.6 Å². The molecule has 0 aliphatic heterocycles. The maximum atomic E-state index is 13.5. The predicted octanol–water partition coefficient (Wildman–Crippen LogP) is 2.55. The van der Waals surface area contributed by atoms with Crippen LogP contribution in [0.5, 0.6) is 0 Å². The first kappa shape index (κ1) is 13.1. The summed E-state index contributed by atoms with van der Waals surface area (Å²) in [6, 6.07) is 6.62. The van der Waals surface area contributed by atoms with Crippen molar-refractivity contribution >= 4 is 21.6 Å². The summed E-state index contributed by atoms with van der Waals surface area (Å²) >= 11 is 5.56. The molecule has 0 aliphatic rings. The third-order valence-corrected chi connectivity index (χ3v) is 3.87. The summed E-state index contributed by atoms with van der Waals surface area (Å²) in [7, 11) is -3.93. The van der Waals surface area contributed by atoms with Gasteiger partial charge in [0.15, 0.2) is 0 Å². The van der Waals surface area contributed by atoms with Crippen molar-refractivity contribution in [1.29, 1.82) is 0 Å². The largest absolute Gasteiger partial charge is 0.468 e. The molecule has 1 aromatic carbocycles. The maximum Gasteiger partial charge on any atom is 0.243 e. The van der Waals surface area contributed by atoms with Gasteiger partial charge in [-0.25, -0.2) is 17.5 Å². The third-order valence-electron chi connectivity index (χ3n) is 2.20. The van der Waals surface area contributed by atoms with Gasteiger partial charge in [0.2, 0.25) is 10.0 Å². The molecule has 7 heteroatoms. The monoisotopic (exact) mass is 289 g/mol. The van der Waals surface area contributed by atoms with Gasteiger partial charge in [0.25, 0.3) is 0 Å². The highest BCUT2D eigenvalue weighted by Gasteiger charge is 2.19. The molecule has 0 radical (unpaired) electrons. The highest BCUT2D eigenvalue weighted by Crippen LogP contribution is 2.19. The lowest BCUT2D eigenvalue weighted by Gasteiger charge is -2.06. The predicted molar refractivity (Wildman–Crippen MR) is 64.1 cm³/mol. The molecule has 1 N–H and O–H groups in total. The molecule has 2 rings (SSSR count). The van der Waals surface area contributed by atoms with Crippen LogP contribution < -0.4 is 4.72 Å². The van der Waals surface area contributed by atoms with Crippen molar-refractivity contribution in [3.05, 3.63) is 53.2 Å². The average Bonchev–Trinajstić information content (AvgIpc) is 2.78. The highest BCUT2D eigenvalue weighted by molar-refractivity contribution is 7.89. The lowest BCUT2D eigenvalue weighted by Crippen LogP contribution is -2.23. The van der Waals surface area contributed by atoms with Gasteiger partial charge in [-0.05, 0) is 30.3 Å². The highest BCUT2D eigenvalue weighted by atomic mass is 35.5. The Bertz CT molecular complexity index is 640. The lowest BCUT2D eigenvalue weighted by molar-refractivity contribution is 0.497. The first-order valence-corrected chi connectivity index (χ1v) is 6.82. The Balaban J connectivity index is 2.20. The van der Waals surface area contributed by atoms with Crippen molar-refractivity contribution in [2.45, 2.75) is 11.4 Å². The molecule has 0 unspecified atom stereocenters. The Kier molecular flexibility index (Phi) is 3.70. The number of halogens is 2. The minimum absolute atomic E-state index is 0.0442. The molecule has 2 aromatic rings. The van der Waals surface area contributed by atoms with Gasteiger partial charge in [0.1, 0.15) is 16.5 Å². The molecule has 0 spiro atoms. The van der Waals surface area contributed by atoms with Crippen molar-refractivity contribution in [3.8, 4) is 0 Å². The van der Waals surface area contributed by atoms with Crippen LogP contribution in [0.3, 0.4) is 0 Å². The van der Waals surface area contributed by atoms with Crippen LogP contribution in [0.1, 0.15) is 5.76 Å². The smallest absolute Gasteiger partial charge is 0.243 e. The topological polar surface area (TPSA) is 59.3 Å². The Morgan fingerprint density at radius 3 is 2.72 bits per heavy atom. The van der Waals surface area contributed by atoms with Gasteiger partial charge in [-0.3, -0.25) is 0 Å². The van der Waals surface area contributed by atoms with Crippen molar-refractivity contribution in [2.75, 3.05) is 0 Å². The van der Waals surface area contributed by atoms with Gasteiger partial charge in [-0.15, -0.1) is 0 Å². The SMILES string of the molecule is O=S(=O)(NCc1ccco1)c1ccc(Cl)cc1F. The van der Waals surface area contributed by atoms with Gasteiger partial charge in [0, 0.05) is 5.02 Å². The molecular formula is C11H9ClFNO3S. The third kappa shape index (κ3) is 2.90. The molecule has 0 atom stereocenters. The van der Waals surface area contributed by atoms with E-state index in [0.29, 0.717) is 5.76 Å². The summed E-state index contributed by atoms with van der Waals surface area (Å²) < 4.78 is 44.3. The molecule has 96 valence electrons. The molecule has 1 aromatic heterocycles. The van der Waals surface area contributed by atoms with Crippen LogP contribution in [0.15, 0.2) is 45.9 Å². The van der Waals surface area contributed by atoms with Gasteiger partial charge in [-0.1, -0.05) is 11.6 Å². The molecular weight excluding hydrogens is 281 g/mol. The summed E-state index contributed by atoms with van der Waals surface area (Å²) in [4.78, 5) is -0.446. The van der Waals surface area contributed by atoms with Crippen LogP contribution in [0.2, 0.25) is 5.02 Å². The summed E-state index contributed by atoms with van der Waals surface area (Å²) in [5.74, 6) is -0.456. The van der Waals surface area contributed by atoms with Crippen LogP contribution in [0, 0.1) is 5.82 Å². The fourth-order valence-electron chi connectivity index (χ4n) is 1.35. The molecule has 0 saturated heterocycles. The van der Waals surface area contributed by atoms with E-state index in [-0.39, 0.29) is 11.6 Å². The summed E-state index contributed by atoms with van der Waals surface area (Å²) in [6.07, 6.45) is 1.42. The second-order valence-electron chi connectivity index (χ2n) is 3.48. The molecule has 0 amide bonds. The van der Waals surface area contributed by atoms with Crippen LogP contribution in [-0.4, -0.2) is 8.42 Å². The summed E-state index contributed by atoms with van der Waals surface area (Å²) in [5.41, 5.74) is 0. The van der Waals surface area contributed by atoms with Gasteiger partial charge >= 0.3 is 0 Å². The Morgan fingerprint density at radius 1 is 1.33 bits per heavy atom. The number of furan rings is 1. The van der Waals surface area contributed by atoms with Crippen LogP contribution in [0.4, 0.5) is 4.39 Å². The molecule has 0 saturated carbocycles. The van der Waals surface area contributed by atoms with Crippen molar-refractivity contribution in [2.24, 2.45) is 0 Å². The van der Waals surface area contributed by atoms with Crippen LogP contribution in [0.25, 0.3) is 0 Å². The standard InChI is InChI=1S/C11H9ClFNO3S/c12-8-3-4-11(10(13)6-8)18(15,16)14-7-9-2-1-5-17-9/h1-6,14H,7H2. The van der Waals surface area contributed by atoms with E-state index in [2.05, 4.69) is 4.72 Å². The van der Waals surface area contributed by atoms with E-state index in [1.165, 1.54) is 12.3 Å². The Labute approximate surface area is 108 Å². The van der Waals surface area contributed by atoms with Gasteiger partial charge in [-0.2, -0.15) is 0 Å². The molecule has 1 heterocycles. The molecule has 18 heavy (non-hydrogen) atoms. The first-order valence-electron chi connectivity index (χ1n) is 4.96. The minimum Gasteiger partial charge on any atom is -0.468 e. The zero-order valence-corrected chi connectivity index (χ0v) is 10.6.